The molecule has 1 aliphatic rings. The highest BCUT2D eigenvalue weighted by Gasteiger charge is 2.24. The van der Waals surface area contributed by atoms with E-state index in [0.717, 1.165) is 12.0 Å². The average molecular weight is 411 g/mol. The lowest BCUT2D eigenvalue weighted by Gasteiger charge is -2.29. The molecule has 0 radical (unpaired) electrons. The molecule has 0 saturated heterocycles. The van der Waals surface area contributed by atoms with Crippen molar-refractivity contribution in [3.05, 3.63) is 29.8 Å². The highest BCUT2D eigenvalue weighted by molar-refractivity contribution is 7.89. The van der Waals surface area contributed by atoms with E-state index in [9.17, 15) is 13.2 Å². The van der Waals surface area contributed by atoms with Gasteiger partial charge in [-0.1, -0.05) is 45.7 Å². The van der Waals surface area contributed by atoms with E-state index in [0.29, 0.717) is 36.5 Å². The molecule has 28 heavy (non-hydrogen) atoms. The summed E-state index contributed by atoms with van der Waals surface area (Å²) in [6.45, 7) is 9.22. The van der Waals surface area contributed by atoms with Crippen LogP contribution in [0.3, 0.4) is 0 Å². The number of benzene rings is 1. The fourth-order valence-electron chi connectivity index (χ4n) is 3.87. The number of carbonyl (C=O) groups is 1. The van der Waals surface area contributed by atoms with Crippen molar-refractivity contribution in [1.29, 1.82) is 0 Å². The minimum absolute atomic E-state index is 0.0753. The Hall–Kier alpha value is -1.44. The second kappa shape index (κ2) is 10.4. The Kier molecular flexibility index (Phi) is 8.46. The number of nitrogens with two attached hydrogens (primary N) is 1. The van der Waals surface area contributed by atoms with Crippen LogP contribution in [-0.2, 0) is 14.8 Å². The maximum absolute atomic E-state index is 12.6. The second-order valence-electron chi connectivity index (χ2n) is 7.82. The molecular formula is C21H36N3O3S+. The van der Waals surface area contributed by atoms with Gasteiger partial charge in [0.1, 0.15) is 6.04 Å². The van der Waals surface area contributed by atoms with Gasteiger partial charge in [0.25, 0.3) is 5.91 Å². The van der Waals surface area contributed by atoms with Gasteiger partial charge < -0.3 is 10.6 Å². The molecular weight excluding hydrogens is 374 g/mol. The molecule has 0 heterocycles. The van der Waals surface area contributed by atoms with Gasteiger partial charge in [0.15, 0.2) is 6.54 Å². The minimum atomic E-state index is -3.43. The van der Waals surface area contributed by atoms with Gasteiger partial charge in [0.05, 0.1) is 4.90 Å². The molecule has 1 fully saturated rings. The highest BCUT2D eigenvalue weighted by atomic mass is 32.2. The molecule has 1 amide bonds. The van der Waals surface area contributed by atoms with Gasteiger partial charge in [-0.25, -0.2) is 8.42 Å². The molecule has 1 aromatic rings. The zero-order valence-corrected chi connectivity index (χ0v) is 18.5. The number of hydrogen-bond donors (Lipinski definition) is 2. The fourth-order valence-corrected chi connectivity index (χ4v) is 5.33. The largest absolute Gasteiger partial charge is 0.348 e. The van der Waals surface area contributed by atoms with Gasteiger partial charge in [-0.2, -0.15) is 4.31 Å². The lowest BCUT2D eigenvalue weighted by Crippen LogP contribution is -2.87. The summed E-state index contributed by atoms with van der Waals surface area (Å²) in [6, 6.07) is 7.40. The fraction of sp³-hybridized carbons (Fsp3) is 0.667. The van der Waals surface area contributed by atoms with Crippen LogP contribution in [0, 0.1) is 5.92 Å². The summed E-state index contributed by atoms with van der Waals surface area (Å²) in [5.41, 5.74) is 1.01. The van der Waals surface area contributed by atoms with E-state index in [4.69, 9.17) is 0 Å². The first kappa shape index (κ1) is 22.8. The van der Waals surface area contributed by atoms with Gasteiger partial charge >= 0.3 is 0 Å². The maximum atomic E-state index is 12.6. The first-order valence-electron chi connectivity index (χ1n) is 10.5. The molecule has 3 N–H and O–H groups in total. The molecule has 3 atom stereocenters. The van der Waals surface area contributed by atoms with Gasteiger partial charge in [-0.05, 0) is 37.8 Å². The van der Waals surface area contributed by atoms with Crippen LogP contribution in [0.4, 0.5) is 0 Å². The van der Waals surface area contributed by atoms with Gasteiger partial charge in [0, 0.05) is 24.7 Å². The smallest absolute Gasteiger partial charge is 0.275 e. The number of nitrogens with one attached hydrogen (secondary N) is 1. The van der Waals surface area contributed by atoms with E-state index in [-0.39, 0.29) is 11.9 Å². The molecule has 7 heteroatoms. The number of sulfonamides is 1. The summed E-state index contributed by atoms with van der Waals surface area (Å²) in [4.78, 5) is 12.6. The van der Waals surface area contributed by atoms with Crippen molar-refractivity contribution in [2.75, 3.05) is 19.6 Å². The summed E-state index contributed by atoms with van der Waals surface area (Å²) in [5.74, 6) is 0.627. The topological polar surface area (TPSA) is 83.1 Å². The van der Waals surface area contributed by atoms with Gasteiger partial charge in [0.2, 0.25) is 10.0 Å². The zero-order chi connectivity index (χ0) is 20.7. The van der Waals surface area contributed by atoms with E-state index in [1.807, 2.05) is 38.2 Å². The Morgan fingerprint density at radius 2 is 1.79 bits per heavy atom. The molecule has 0 aromatic heterocycles. The quantitative estimate of drug-likeness (QED) is 0.653. The Balaban J connectivity index is 1.90. The van der Waals surface area contributed by atoms with Crippen molar-refractivity contribution in [3.8, 4) is 0 Å². The zero-order valence-electron chi connectivity index (χ0n) is 17.6. The van der Waals surface area contributed by atoms with Crippen molar-refractivity contribution in [2.45, 2.75) is 70.4 Å². The van der Waals surface area contributed by atoms with E-state index in [1.165, 1.54) is 23.6 Å². The van der Waals surface area contributed by atoms with Crippen LogP contribution in [0.15, 0.2) is 29.2 Å². The van der Waals surface area contributed by atoms with E-state index in [1.54, 1.807) is 12.1 Å². The Bertz CT molecular complexity index is 730. The highest BCUT2D eigenvalue weighted by Crippen LogP contribution is 2.23. The van der Waals surface area contributed by atoms with E-state index < -0.39 is 10.0 Å². The standard InChI is InChI=1S/C21H35N3O3S/c1-5-24(6-2)28(26,27)19-13-11-18(12-14-19)17(4)22-15-21(25)23-20-10-8-7-9-16(20)3/h11-14,16-17,20,22H,5-10,15H2,1-4H3,(H,23,25)/p+1/t16-,17+,20+/m0/s1. The maximum Gasteiger partial charge on any atom is 0.275 e. The number of quaternary nitrogens is 1. The lowest BCUT2D eigenvalue weighted by molar-refractivity contribution is -0.682. The van der Waals surface area contributed by atoms with Crippen molar-refractivity contribution in [1.82, 2.24) is 9.62 Å². The van der Waals surface area contributed by atoms with Gasteiger partial charge in [-0.15, -0.1) is 0 Å². The van der Waals surface area contributed by atoms with Crippen LogP contribution >= 0.6 is 0 Å². The Labute approximate surface area is 170 Å². The monoisotopic (exact) mass is 410 g/mol. The first-order valence-corrected chi connectivity index (χ1v) is 12.0. The summed E-state index contributed by atoms with van der Waals surface area (Å²) in [6.07, 6.45) is 4.72. The SMILES string of the molecule is CCN(CC)S(=O)(=O)c1ccc([C@@H](C)[NH2+]CC(=O)N[C@@H]2CCCC[C@@H]2C)cc1. The normalized spacial score (nSPS) is 21.5. The molecule has 0 aliphatic heterocycles. The van der Waals surface area contributed by atoms with Crippen LogP contribution < -0.4 is 10.6 Å². The van der Waals surface area contributed by atoms with E-state index in [2.05, 4.69) is 12.2 Å². The lowest BCUT2D eigenvalue weighted by atomic mass is 9.86. The third-order valence-electron chi connectivity index (χ3n) is 5.86. The number of rotatable bonds is 9. The average Bonchev–Trinajstić information content (AvgIpc) is 2.68. The molecule has 0 bridgehead atoms. The van der Waals surface area contributed by atoms with Crippen LogP contribution in [0.1, 0.15) is 65.0 Å². The molecule has 0 unspecified atom stereocenters. The number of nitrogens with zero attached hydrogens (tertiary/aromatic N) is 1. The molecule has 1 aliphatic carbocycles. The molecule has 1 saturated carbocycles. The van der Waals surface area contributed by atoms with E-state index >= 15 is 0 Å². The van der Waals surface area contributed by atoms with Crippen molar-refractivity contribution in [3.63, 3.8) is 0 Å². The van der Waals surface area contributed by atoms with Crippen molar-refractivity contribution in [2.24, 2.45) is 5.92 Å². The number of hydrogen-bond acceptors (Lipinski definition) is 3. The third-order valence-corrected chi connectivity index (χ3v) is 7.93. The molecule has 0 spiro atoms. The molecule has 2 rings (SSSR count). The van der Waals surface area contributed by atoms with Gasteiger partial charge in [-0.3, -0.25) is 4.79 Å². The molecule has 158 valence electrons. The summed E-state index contributed by atoms with van der Waals surface area (Å²) < 4.78 is 26.6. The predicted octanol–water partition coefficient (Wildman–Crippen LogP) is 2.04. The summed E-state index contributed by atoms with van der Waals surface area (Å²) in [5, 5.41) is 5.17. The van der Waals surface area contributed by atoms with Crippen LogP contribution in [0.25, 0.3) is 0 Å². The second-order valence-corrected chi connectivity index (χ2v) is 9.76. The first-order chi connectivity index (χ1) is 13.3. The summed E-state index contributed by atoms with van der Waals surface area (Å²) in [7, 11) is -3.43. The minimum Gasteiger partial charge on any atom is -0.348 e. The van der Waals surface area contributed by atoms with Crippen molar-refractivity contribution >= 4 is 15.9 Å². The molecule has 1 aromatic carbocycles. The molecule has 6 nitrogen and oxygen atoms in total. The number of amides is 1. The van der Waals surface area contributed by atoms with Crippen LogP contribution in [0.2, 0.25) is 0 Å². The van der Waals surface area contributed by atoms with Crippen LogP contribution in [-0.4, -0.2) is 44.3 Å². The Morgan fingerprint density at radius 3 is 2.36 bits per heavy atom. The predicted molar refractivity (Wildman–Crippen MR) is 111 cm³/mol. The van der Waals surface area contributed by atoms with Crippen LogP contribution in [0.5, 0.6) is 0 Å². The van der Waals surface area contributed by atoms with Crippen molar-refractivity contribution < 1.29 is 18.5 Å². The Morgan fingerprint density at radius 1 is 1.18 bits per heavy atom. The number of carbonyl (C=O) groups excluding carboxylic acids is 1. The summed E-state index contributed by atoms with van der Waals surface area (Å²) >= 11 is 0. The third kappa shape index (κ3) is 5.78.